The third kappa shape index (κ3) is 5.27. The Morgan fingerprint density at radius 2 is 1.76 bits per heavy atom. The predicted molar refractivity (Wildman–Crippen MR) is 91.6 cm³/mol. The minimum absolute atomic E-state index is 0.00175. The highest BCUT2D eigenvalue weighted by Gasteiger charge is 2.05. The third-order valence-electron chi connectivity index (χ3n) is 2.87. The van der Waals surface area contributed by atoms with Gasteiger partial charge < -0.3 is 5.32 Å². The number of aryl methyl sites for hydroxylation is 1. The Bertz CT molecular complexity index is 629. The predicted octanol–water partition coefficient (Wildman–Crippen LogP) is 5.42. The van der Waals surface area contributed by atoms with Crippen LogP contribution in [0.3, 0.4) is 0 Å². The van der Waals surface area contributed by atoms with Gasteiger partial charge in [-0.25, -0.2) is 0 Å². The first kappa shape index (κ1) is 16.2. The lowest BCUT2D eigenvalue weighted by atomic mass is 10.2. The molecule has 2 nitrogen and oxygen atoms in total. The molecule has 1 amide bonds. The van der Waals surface area contributed by atoms with E-state index >= 15 is 0 Å². The van der Waals surface area contributed by atoms with Crippen molar-refractivity contribution in [3.8, 4) is 0 Å². The van der Waals surface area contributed by atoms with Gasteiger partial charge in [-0.2, -0.15) is 0 Å². The summed E-state index contributed by atoms with van der Waals surface area (Å²) in [5, 5.41) is 4.29. The van der Waals surface area contributed by atoms with Crippen molar-refractivity contribution in [2.45, 2.75) is 18.2 Å². The van der Waals surface area contributed by atoms with E-state index in [1.165, 1.54) is 0 Å². The summed E-state index contributed by atoms with van der Waals surface area (Å²) in [6.45, 7) is 1.92. The lowest BCUT2D eigenvalue weighted by molar-refractivity contribution is -0.115. The van der Waals surface area contributed by atoms with Crippen molar-refractivity contribution < 1.29 is 4.79 Å². The molecule has 0 spiro atoms. The second kappa shape index (κ2) is 7.74. The standard InChI is InChI=1S/C16H15Cl2NOS/c1-11-10-13(18)4-7-15(11)19-16(20)8-9-21-14-5-2-12(17)3-6-14/h2-7,10H,8-9H2,1H3,(H,19,20). The molecule has 0 saturated heterocycles. The molecular weight excluding hydrogens is 325 g/mol. The van der Waals surface area contributed by atoms with Gasteiger partial charge >= 0.3 is 0 Å². The summed E-state index contributed by atoms with van der Waals surface area (Å²) < 4.78 is 0. The summed E-state index contributed by atoms with van der Waals surface area (Å²) in [4.78, 5) is 13.0. The summed E-state index contributed by atoms with van der Waals surface area (Å²) in [5.41, 5.74) is 1.77. The molecule has 0 saturated carbocycles. The lowest BCUT2D eigenvalue weighted by Gasteiger charge is -2.08. The van der Waals surface area contributed by atoms with Crippen LogP contribution in [-0.2, 0) is 4.79 Å². The fraction of sp³-hybridized carbons (Fsp3) is 0.188. The van der Waals surface area contributed by atoms with Gasteiger partial charge in [0.2, 0.25) is 5.91 Å². The van der Waals surface area contributed by atoms with Crippen LogP contribution in [0.2, 0.25) is 10.0 Å². The number of anilines is 1. The smallest absolute Gasteiger partial charge is 0.225 e. The van der Waals surface area contributed by atoms with E-state index in [0.717, 1.165) is 26.9 Å². The summed E-state index contributed by atoms with van der Waals surface area (Å²) in [6, 6.07) is 13.0. The van der Waals surface area contributed by atoms with Crippen LogP contribution < -0.4 is 5.32 Å². The molecule has 0 fully saturated rings. The maximum Gasteiger partial charge on any atom is 0.225 e. The van der Waals surface area contributed by atoms with Crippen molar-refractivity contribution in [1.82, 2.24) is 0 Å². The monoisotopic (exact) mass is 339 g/mol. The molecule has 0 heterocycles. The number of carbonyl (C=O) groups excluding carboxylic acids is 1. The third-order valence-corrected chi connectivity index (χ3v) is 4.37. The SMILES string of the molecule is Cc1cc(Cl)ccc1NC(=O)CCSc1ccc(Cl)cc1. The number of amides is 1. The summed E-state index contributed by atoms with van der Waals surface area (Å²) in [5.74, 6) is 0.724. The van der Waals surface area contributed by atoms with E-state index in [1.54, 1.807) is 17.8 Å². The molecule has 0 unspecified atom stereocenters. The highest BCUT2D eigenvalue weighted by molar-refractivity contribution is 7.99. The van der Waals surface area contributed by atoms with Gasteiger partial charge in [0.1, 0.15) is 0 Å². The first-order valence-corrected chi connectivity index (χ1v) is 8.23. The first-order valence-electron chi connectivity index (χ1n) is 6.49. The quantitative estimate of drug-likeness (QED) is 0.736. The van der Waals surface area contributed by atoms with Crippen LogP contribution in [0.15, 0.2) is 47.4 Å². The summed E-state index contributed by atoms with van der Waals surface area (Å²) in [7, 11) is 0. The maximum atomic E-state index is 11.9. The van der Waals surface area contributed by atoms with Crippen molar-refractivity contribution in [2.75, 3.05) is 11.1 Å². The fourth-order valence-corrected chi connectivity index (χ4v) is 2.98. The number of benzene rings is 2. The first-order chi connectivity index (χ1) is 10.0. The van der Waals surface area contributed by atoms with Gasteiger partial charge in [-0.1, -0.05) is 23.2 Å². The van der Waals surface area contributed by atoms with Crippen LogP contribution in [0.4, 0.5) is 5.69 Å². The van der Waals surface area contributed by atoms with Crippen molar-refractivity contribution in [1.29, 1.82) is 0 Å². The average molecular weight is 340 g/mol. The van der Waals surface area contributed by atoms with Crippen molar-refractivity contribution in [3.05, 3.63) is 58.1 Å². The molecule has 0 aliphatic rings. The molecule has 0 atom stereocenters. The zero-order chi connectivity index (χ0) is 15.2. The molecule has 2 aromatic rings. The number of nitrogens with one attached hydrogen (secondary N) is 1. The van der Waals surface area contributed by atoms with Gasteiger partial charge in [0.25, 0.3) is 0 Å². The number of hydrogen-bond acceptors (Lipinski definition) is 2. The minimum atomic E-state index is 0.00175. The largest absolute Gasteiger partial charge is 0.326 e. The number of thioether (sulfide) groups is 1. The molecule has 0 bridgehead atoms. The fourth-order valence-electron chi connectivity index (χ4n) is 1.77. The second-order valence-corrected chi connectivity index (χ2v) is 6.60. The molecule has 110 valence electrons. The van der Waals surface area contributed by atoms with Gasteiger partial charge in [0.15, 0.2) is 0 Å². The molecule has 0 aromatic heterocycles. The van der Waals surface area contributed by atoms with Gasteiger partial charge in [-0.15, -0.1) is 11.8 Å². The molecular formula is C16H15Cl2NOS. The van der Waals surface area contributed by atoms with Gasteiger partial charge in [-0.05, 0) is 55.0 Å². The Hall–Kier alpha value is -1.16. The van der Waals surface area contributed by atoms with Crippen molar-refractivity contribution in [2.24, 2.45) is 0 Å². The Balaban J connectivity index is 1.81. The minimum Gasteiger partial charge on any atom is -0.326 e. The highest BCUT2D eigenvalue weighted by atomic mass is 35.5. The topological polar surface area (TPSA) is 29.1 Å². The van der Waals surface area contributed by atoms with Gasteiger partial charge in [-0.3, -0.25) is 4.79 Å². The Morgan fingerprint density at radius 1 is 1.10 bits per heavy atom. The Labute approximate surface area is 138 Å². The van der Waals surface area contributed by atoms with Crippen LogP contribution in [0.25, 0.3) is 0 Å². The van der Waals surface area contributed by atoms with Crippen LogP contribution in [0.1, 0.15) is 12.0 Å². The molecule has 0 radical (unpaired) electrons. The molecule has 5 heteroatoms. The van der Waals surface area contributed by atoms with E-state index < -0.39 is 0 Å². The lowest BCUT2D eigenvalue weighted by Crippen LogP contribution is -2.13. The molecule has 2 rings (SSSR count). The maximum absolute atomic E-state index is 11.9. The van der Waals surface area contributed by atoms with E-state index in [9.17, 15) is 4.79 Å². The van der Waals surface area contributed by atoms with Gasteiger partial charge in [0, 0.05) is 32.8 Å². The van der Waals surface area contributed by atoms with Crippen LogP contribution in [0.5, 0.6) is 0 Å². The van der Waals surface area contributed by atoms with E-state index in [-0.39, 0.29) is 5.91 Å². The van der Waals surface area contributed by atoms with Crippen LogP contribution in [-0.4, -0.2) is 11.7 Å². The van der Waals surface area contributed by atoms with E-state index in [2.05, 4.69) is 5.32 Å². The van der Waals surface area contributed by atoms with E-state index in [4.69, 9.17) is 23.2 Å². The molecule has 1 N–H and O–H groups in total. The Morgan fingerprint density at radius 3 is 2.43 bits per heavy atom. The van der Waals surface area contributed by atoms with Gasteiger partial charge in [0.05, 0.1) is 0 Å². The van der Waals surface area contributed by atoms with E-state index in [0.29, 0.717) is 11.4 Å². The number of halogens is 2. The average Bonchev–Trinajstić information content (AvgIpc) is 2.44. The number of hydrogen-bond donors (Lipinski definition) is 1. The second-order valence-electron chi connectivity index (χ2n) is 4.56. The zero-order valence-corrected chi connectivity index (χ0v) is 13.9. The number of carbonyl (C=O) groups is 1. The highest BCUT2D eigenvalue weighted by Crippen LogP contribution is 2.22. The molecule has 0 aliphatic carbocycles. The van der Waals surface area contributed by atoms with Crippen molar-refractivity contribution >= 4 is 46.6 Å². The molecule has 2 aromatic carbocycles. The zero-order valence-electron chi connectivity index (χ0n) is 11.5. The van der Waals surface area contributed by atoms with E-state index in [1.807, 2.05) is 43.3 Å². The van der Waals surface area contributed by atoms with Crippen molar-refractivity contribution in [3.63, 3.8) is 0 Å². The van der Waals surface area contributed by atoms with Crippen LogP contribution >= 0.6 is 35.0 Å². The molecule has 21 heavy (non-hydrogen) atoms. The Kier molecular flexibility index (Phi) is 5.97. The van der Waals surface area contributed by atoms with Crippen LogP contribution in [0, 0.1) is 6.92 Å². The normalized spacial score (nSPS) is 10.4. The summed E-state index contributed by atoms with van der Waals surface area (Å²) >= 11 is 13.4. The number of rotatable bonds is 5. The molecule has 0 aliphatic heterocycles. The summed E-state index contributed by atoms with van der Waals surface area (Å²) in [6.07, 6.45) is 0.454.